The Bertz CT molecular complexity index is 452. The van der Waals surface area contributed by atoms with Crippen molar-refractivity contribution in [1.82, 2.24) is 9.78 Å². The molecule has 1 heterocycles. The lowest BCUT2D eigenvalue weighted by Gasteiger charge is -2.07. The molecule has 1 saturated carbocycles. The Kier molecular flexibility index (Phi) is 2.33. The highest BCUT2D eigenvalue weighted by Gasteiger charge is 2.48. The third-order valence-electron chi connectivity index (χ3n) is 2.19. The van der Waals surface area contributed by atoms with E-state index in [0.717, 1.165) is 0 Å². The number of nitro groups is 1. The first-order valence-electron chi connectivity index (χ1n) is 4.32. The number of rotatable bonds is 2. The van der Waals surface area contributed by atoms with Crippen LogP contribution in [0.3, 0.4) is 0 Å². The van der Waals surface area contributed by atoms with Crippen molar-refractivity contribution in [3.05, 3.63) is 21.0 Å². The minimum atomic E-state index is -4.83. The molecular formula is C7H5ClF3N3O2. The van der Waals surface area contributed by atoms with Gasteiger partial charge < -0.3 is 0 Å². The zero-order chi connectivity index (χ0) is 12.1. The molecule has 0 atom stereocenters. The van der Waals surface area contributed by atoms with Gasteiger partial charge in [0, 0.05) is 0 Å². The summed E-state index contributed by atoms with van der Waals surface area (Å²) >= 11 is 5.35. The molecule has 0 amide bonds. The Hall–Kier alpha value is -1.31. The fourth-order valence-electron chi connectivity index (χ4n) is 1.41. The van der Waals surface area contributed by atoms with E-state index in [1.807, 2.05) is 0 Å². The van der Waals surface area contributed by atoms with Gasteiger partial charge in [-0.25, -0.2) is 4.68 Å². The maximum atomic E-state index is 12.6. The van der Waals surface area contributed by atoms with Crippen molar-refractivity contribution in [3.8, 4) is 0 Å². The summed E-state index contributed by atoms with van der Waals surface area (Å²) in [5.74, 6) is 0. The molecular weight excluding hydrogens is 251 g/mol. The van der Waals surface area contributed by atoms with Gasteiger partial charge in [-0.1, -0.05) is 11.6 Å². The fraction of sp³-hybridized carbons (Fsp3) is 0.571. The van der Waals surface area contributed by atoms with E-state index in [0.29, 0.717) is 17.5 Å². The summed E-state index contributed by atoms with van der Waals surface area (Å²) in [6.45, 7) is 0. The van der Waals surface area contributed by atoms with Crippen molar-refractivity contribution >= 4 is 17.3 Å². The number of hydrogen-bond donors (Lipinski definition) is 0. The van der Waals surface area contributed by atoms with Gasteiger partial charge in [0.15, 0.2) is 0 Å². The number of nitrogens with zero attached hydrogens (tertiary/aromatic N) is 3. The molecule has 88 valence electrons. The second-order valence-electron chi connectivity index (χ2n) is 3.42. The smallest absolute Gasteiger partial charge is 0.258 e. The Morgan fingerprint density at radius 2 is 2.06 bits per heavy atom. The summed E-state index contributed by atoms with van der Waals surface area (Å²) in [7, 11) is 0. The molecule has 0 aliphatic heterocycles. The first-order valence-corrected chi connectivity index (χ1v) is 4.69. The summed E-state index contributed by atoms with van der Waals surface area (Å²) in [6.07, 6.45) is -3.78. The van der Waals surface area contributed by atoms with Crippen LogP contribution in [0.25, 0.3) is 0 Å². The van der Waals surface area contributed by atoms with E-state index in [9.17, 15) is 23.3 Å². The van der Waals surface area contributed by atoms with Gasteiger partial charge in [0.05, 0.1) is 11.0 Å². The molecule has 9 heteroatoms. The van der Waals surface area contributed by atoms with Gasteiger partial charge in [-0.3, -0.25) is 10.1 Å². The normalized spacial score (nSPS) is 16.5. The van der Waals surface area contributed by atoms with Crippen molar-refractivity contribution in [2.45, 2.75) is 25.1 Å². The molecule has 0 N–H and O–H groups in total. The largest absolute Gasteiger partial charge is 0.440 e. The molecule has 1 aliphatic rings. The average molecular weight is 256 g/mol. The molecule has 1 aromatic heterocycles. The molecule has 1 fully saturated rings. The Balaban J connectivity index is 2.63. The SMILES string of the molecule is O=[N+]([O-])c1c(Cl)nn(C2CC2)c1C(F)(F)F. The zero-order valence-corrected chi connectivity index (χ0v) is 8.42. The molecule has 0 saturated heterocycles. The fourth-order valence-corrected chi connectivity index (χ4v) is 1.65. The summed E-state index contributed by atoms with van der Waals surface area (Å²) in [5, 5.41) is 13.2. The van der Waals surface area contributed by atoms with Crippen LogP contribution in [0.1, 0.15) is 24.6 Å². The van der Waals surface area contributed by atoms with E-state index in [1.165, 1.54) is 0 Å². The minimum Gasteiger partial charge on any atom is -0.258 e. The summed E-state index contributed by atoms with van der Waals surface area (Å²) in [6, 6.07) is -0.428. The van der Waals surface area contributed by atoms with Crippen LogP contribution in [0, 0.1) is 10.1 Å². The number of aromatic nitrogens is 2. The van der Waals surface area contributed by atoms with Gasteiger partial charge in [0.2, 0.25) is 10.8 Å². The topological polar surface area (TPSA) is 61.0 Å². The van der Waals surface area contributed by atoms with Gasteiger partial charge >= 0.3 is 11.9 Å². The van der Waals surface area contributed by atoms with Crippen LogP contribution >= 0.6 is 11.6 Å². The average Bonchev–Trinajstić information content (AvgIpc) is 2.87. The van der Waals surface area contributed by atoms with Crippen LogP contribution < -0.4 is 0 Å². The monoisotopic (exact) mass is 255 g/mol. The van der Waals surface area contributed by atoms with E-state index in [2.05, 4.69) is 5.10 Å². The maximum Gasteiger partial charge on any atom is 0.440 e. The van der Waals surface area contributed by atoms with Gasteiger partial charge in [-0.05, 0) is 12.8 Å². The highest BCUT2D eigenvalue weighted by Crippen LogP contribution is 2.45. The van der Waals surface area contributed by atoms with E-state index in [4.69, 9.17) is 11.6 Å². The lowest BCUT2D eigenvalue weighted by molar-refractivity contribution is -0.388. The van der Waals surface area contributed by atoms with E-state index >= 15 is 0 Å². The van der Waals surface area contributed by atoms with Crippen LogP contribution in [0.15, 0.2) is 0 Å². The van der Waals surface area contributed by atoms with Gasteiger partial charge in [0.1, 0.15) is 0 Å². The first kappa shape index (κ1) is 11.2. The molecule has 1 aliphatic carbocycles. The zero-order valence-electron chi connectivity index (χ0n) is 7.66. The Morgan fingerprint density at radius 1 is 1.50 bits per heavy atom. The first-order chi connectivity index (χ1) is 7.32. The second-order valence-corrected chi connectivity index (χ2v) is 3.78. The van der Waals surface area contributed by atoms with Crippen molar-refractivity contribution in [2.24, 2.45) is 0 Å². The van der Waals surface area contributed by atoms with Crippen molar-refractivity contribution in [2.75, 3.05) is 0 Å². The summed E-state index contributed by atoms with van der Waals surface area (Å²) in [4.78, 5) is 9.36. The van der Waals surface area contributed by atoms with Gasteiger partial charge in [-0.2, -0.15) is 18.3 Å². The predicted octanol–water partition coefficient (Wildman–Crippen LogP) is 2.80. The quantitative estimate of drug-likeness (QED) is 0.603. The molecule has 0 radical (unpaired) electrons. The van der Waals surface area contributed by atoms with Crippen LogP contribution in [0.4, 0.5) is 18.9 Å². The standard InChI is InChI=1S/C7H5ClF3N3O2/c8-6-4(14(15)16)5(7(9,10)11)13(12-6)3-1-2-3/h3H,1-2H2. The lowest BCUT2D eigenvalue weighted by atomic mass is 10.3. The second kappa shape index (κ2) is 3.34. The summed E-state index contributed by atoms with van der Waals surface area (Å²) in [5.41, 5.74) is -2.54. The Morgan fingerprint density at radius 3 is 2.44 bits per heavy atom. The van der Waals surface area contributed by atoms with Gasteiger partial charge in [-0.15, -0.1) is 0 Å². The third kappa shape index (κ3) is 1.73. The van der Waals surface area contributed by atoms with E-state index in [1.54, 1.807) is 0 Å². The van der Waals surface area contributed by atoms with Crippen LogP contribution in [0.5, 0.6) is 0 Å². The van der Waals surface area contributed by atoms with Crippen LogP contribution in [-0.4, -0.2) is 14.7 Å². The molecule has 0 unspecified atom stereocenters. The van der Waals surface area contributed by atoms with E-state index in [-0.39, 0.29) is 0 Å². The highest BCUT2D eigenvalue weighted by atomic mass is 35.5. The molecule has 0 aromatic carbocycles. The van der Waals surface area contributed by atoms with Crippen LogP contribution in [-0.2, 0) is 6.18 Å². The third-order valence-corrected chi connectivity index (χ3v) is 2.44. The molecule has 0 bridgehead atoms. The summed E-state index contributed by atoms with van der Waals surface area (Å²) < 4.78 is 38.6. The van der Waals surface area contributed by atoms with Crippen molar-refractivity contribution in [1.29, 1.82) is 0 Å². The Labute approximate surface area is 91.9 Å². The minimum absolute atomic E-state index is 0.428. The molecule has 1 aromatic rings. The van der Waals surface area contributed by atoms with E-state index < -0.39 is 33.7 Å². The predicted molar refractivity (Wildman–Crippen MR) is 47.2 cm³/mol. The molecule has 2 rings (SSSR count). The number of halogens is 4. The maximum absolute atomic E-state index is 12.6. The molecule has 0 spiro atoms. The molecule has 5 nitrogen and oxygen atoms in total. The number of alkyl halides is 3. The highest BCUT2D eigenvalue weighted by molar-refractivity contribution is 6.31. The van der Waals surface area contributed by atoms with Crippen LogP contribution in [0.2, 0.25) is 5.15 Å². The number of hydrogen-bond acceptors (Lipinski definition) is 3. The van der Waals surface area contributed by atoms with Gasteiger partial charge in [0.25, 0.3) is 0 Å². The lowest BCUT2D eigenvalue weighted by Crippen LogP contribution is -2.15. The molecule has 16 heavy (non-hydrogen) atoms. The van der Waals surface area contributed by atoms with Crippen molar-refractivity contribution in [3.63, 3.8) is 0 Å². The van der Waals surface area contributed by atoms with Crippen molar-refractivity contribution < 1.29 is 18.1 Å².